The van der Waals surface area contributed by atoms with Crippen molar-refractivity contribution in [3.63, 3.8) is 0 Å². The van der Waals surface area contributed by atoms with Crippen molar-refractivity contribution in [2.45, 2.75) is 38.3 Å². The number of hydrogen-bond donors (Lipinski definition) is 2. The maximum Gasteiger partial charge on any atom is 0.253 e. The lowest BCUT2D eigenvalue weighted by atomic mass is 9.90. The van der Waals surface area contributed by atoms with E-state index in [2.05, 4.69) is 52.4 Å². The summed E-state index contributed by atoms with van der Waals surface area (Å²) in [7, 11) is 1.67. The molecule has 0 saturated carbocycles. The first kappa shape index (κ1) is 27.0. The molecule has 6 heteroatoms. The number of hydrogen-bond acceptors (Lipinski definition) is 4. The third-order valence-electron chi connectivity index (χ3n) is 7.81. The Kier molecular flexibility index (Phi) is 8.96. The van der Waals surface area contributed by atoms with E-state index in [1.807, 2.05) is 47.5 Å². The molecule has 5 rings (SSSR count). The Morgan fingerprint density at radius 2 is 1.92 bits per heavy atom. The summed E-state index contributed by atoms with van der Waals surface area (Å²) in [5, 5.41) is 15.1. The Labute approximate surface area is 231 Å². The van der Waals surface area contributed by atoms with E-state index < -0.39 is 6.10 Å². The van der Waals surface area contributed by atoms with Crippen molar-refractivity contribution in [1.29, 1.82) is 0 Å². The van der Waals surface area contributed by atoms with Gasteiger partial charge < -0.3 is 24.6 Å². The van der Waals surface area contributed by atoms with Gasteiger partial charge in [-0.2, -0.15) is 0 Å². The maximum absolute atomic E-state index is 13.2. The highest BCUT2D eigenvalue weighted by Gasteiger charge is 2.24. The van der Waals surface area contributed by atoms with Crippen LogP contribution < -0.4 is 5.32 Å². The van der Waals surface area contributed by atoms with E-state index in [1.54, 1.807) is 7.11 Å². The number of benzene rings is 2. The number of fused-ring (bicyclic) bond motifs is 1. The predicted molar refractivity (Wildman–Crippen MR) is 157 cm³/mol. The predicted octanol–water partition coefficient (Wildman–Crippen LogP) is 5.10. The van der Waals surface area contributed by atoms with Crippen LogP contribution in [0.25, 0.3) is 10.9 Å². The molecule has 0 bridgehead atoms. The lowest BCUT2D eigenvalue weighted by Gasteiger charge is -2.32. The largest absolute Gasteiger partial charge is 0.497 e. The number of allylic oxidation sites excluding steroid dienone is 4. The van der Waals surface area contributed by atoms with Gasteiger partial charge in [0.15, 0.2) is 0 Å². The van der Waals surface area contributed by atoms with Gasteiger partial charge in [-0.3, -0.25) is 4.79 Å². The van der Waals surface area contributed by atoms with E-state index in [4.69, 9.17) is 4.74 Å². The molecule has 0 spiro atoms. The van der Waals surface area contributed by atoms with Crippen LogP contribution in [0, 0.1) is 5.92 Å². The number of nitrogens with zero attached hydrogens (tertiary/aromatic N) is 2. The molecule has 0 radical (unpaired) electrons. The van der Waals surface area contributed by atoms with Crippen molar-refractivity contribution in [1.82, 2.24) is 14.8 Å². The molecule has 1 aliphatic carbocycles. The molecular formula is C33H39N3O3. The van der Waals surface area contributed by atoms with Crippen molar-refractivity contribution in [2.75, 3.05) is 33.3 Å². The zero-order chi connectivity index (χ0) is 27.0. The number of aliphatic hydroxyl groups is 1. The molecular weight excluding hydrogens is 486 g/mol. The van der Waals surface area contributed by atoms with Gasteiger partial charge in [-0.05, 0) is 73.6 Å². The quantitative estimate of drug-likeness (QED) is 0.386. The SMILES string of the molecule is COC1=CC=C(CNCC(O)Cn2ccc3cc(C(=O)N4CCC(Cc5ccccc5)CC4)ccc32)CC=C1. The highest BCUT2D eigenvalue weighted by atomic mass is 16.5. The average Bonchev–Trinajstić information content (AvgIpc) is 3.21. The van der Waals surface area contributed by atoms with Crippen molar-refractivity contribution in [2.24, 2.45) is 5.92 Å². The van der Waals surface area contributed by atoms with Gasteiger partial charge in [-0.1, -0.05) is 48.1 Å². The third kappa shape index (κ3) is 7.08. The monoisotopic (exact) mass is 525 g/mol. The molecule has 1 aromatic heterocycles. The van der Waals surface area contributed by atoms with Crippen LogP contribution in [0.3, 0.4) is 0 Å². The van der Waals surface area contributed by atoms with Crippen molar-refractivity contribution in [3.8, 4) is 0 Å². The van der Waals surface area contributed by atoms with Crippen LogP contribution in [-0.2, 0) is 17.7 Å². The number of ether oxygens (including phenoxy) is 1. The first-order valence-electron chi connectivity index (χ1n) is 14.0. The molecule has 2 aliphatic rings. The minimum Gasteiger partial charge on any atom is -0.497 e. The summed E-state index contributed by atoms with van der Waals surface area (Å²) in [4.78, 5) is 15.3. The van der Waals surface area contributed by atoms with Gasteiger partial charge in [-0.25, -0.2) is 0 Å². The first-order chi connectivity index (χ1) is 19.1. The third-order valence-corrected chi connectivity index (χ3v) is 7.81. The fraction of sp³-hybridized carbons (Fsp3) is 0.364. The Balaban J connectivity index is 1.11. The van der Waals surface area contributed by atoms with Crippen LogP contribution in [-0.4, -0.2) is 59.9 Å². The number of methoxy groups -OCH3 is 1. The number of piperidine rings is 1. The summed E-state index contributed by atoms with van der Waals surface area (Å²) >= 11 is 0. The number of aliphatic hydroxyl groups excluding tert-OH is 1. The normalized spacial score (nSPS) is 17.0. The van der Waals surface area contributed by atoms with Crippen LogP contribution in [0.2, 0.25) is 0 Å². The molecule has 1 fully saturated rings. The van der Waals surface area contributed by atoms with Crippen molar-refractivity contribution >= 4 is 16.8 Å². The molecule has 2 aromatic carbocycles. The van der Waals surface area contributed by atoms with Gasteiger partial charge in [0.05, 0.1) is 13.2 Å². The summed E-state index contributed by atoms with van der Waals surface area (Å²) in [6.45, 7) is 3.33. The van der Waals surface area contributed by atoms with E-state index >= 15 is 0 Å². The topological polar surface area (TPSA) is 66.7 Å². The molecule has 6 nitrogen and oxygen atoms in total. The fourth-order valence-electron chi connectivity index (χ4n) is 5.57. The summed E-state index contributed by atoms with van der Waals surface area (Å²) in [5.41, 5.74) is 4.39. The summed E-state index contributed by atoms with van der Waals surface area (Å²) in [5.74, 6) is 1.59. The van der Waals surface area contributed by atoms with Gasteiger partial charge in [0.1, 0.15) is 5.76 Å². The Morgan fingerprint density at radius 3 is 2.72 bits per heavy atom. The average molecular weight is 526 g/mol. The van der Waals surface area contributed by atoms with Crippen LogP contribution in [0.4, 0.5) is 0 Å². The highest BCUT2D eigenvalue weighted by molar-refractivity contribution is 5.98. The van der Waals surface area contributed by atoms with Crippen LogP contribution >= 0.6 is 0 Å². The van der Waals surface area contributed by atoms with E-state index in [1.165, 1.54) is 11.1 Å². The highest BCUT2D eigenvalue weighted by Crippen LogP contribution is 2.24. The smallest absolute Gasteiger partial charge is 0.253 e. The number of amides is 1. The molecule has 1 atom stereocenters. The van der Waals surface area contributed by atoms with Gasteiger partial charge in [0, 0.05) is 55.4 Å². The Bertz CT molecular complexity index is 1350. The Hall–Kier alpha value is -3.61. The molecule has 1 unspecified atom stereocenters. The maximum atomic E-state index is 13.2. The molecule has 2 heterocycles. The van der Waals surface area contributed by atoms with Gasteiger partial charge in [-0.15, -0.1) is 0 Å². The molecule has 1 aliphatic heterocycles. The minimum atomic E-state index is -0.522. The van der Waals surface area contributed by atoms with Crippen LogP contribution in [0.1, 0.15) is 35.2 Å². The zero-order valence-electron chi connectivity index (χ0n) is 22.8. The van der Waals surface area contributed by atoms with Crippen molar-refractivity contribution < 1.29 is 14.6 Å². The van der Waals surface area contributed by atoms with E-state index in [0.717, 1.165) is 67.5 Å². The standard InChI is InChI=1S/C33H39N3O3/c1-39-31-9-5-8-27(10-12-31)22-34-23-30(37)24-36-19-16-28-21-29(11-13-32(28)36)33(38)35-17-14-26(15-18-35)20-25-6-3-2-4-7-25/h2-7,9-13,16,19,21,26,30,34,37H,8,14-15,17-18,20,22-24H2,1H3. The molecule has 3 aromatic rings. The number of aromatic nitrogens is 1. The molecule has 1 saturated heterocycles. The van der Waals surface area contributed by atoms with E-state index in [0.29, 0.717) is 19.0 Å². The molecule has 2 N–H and O–H groups in total. The van der Waals surface area contributed by atoms with Gasteiger partial charge in [0.2, 0.25) is 0 Å². The second-order valence-electron chi connectivity index (χ2n) is 10.7. The number of carbonyl (C=O) groups excluding carboxylic acids is 1. The lowest BCUT2D eigenvalue weighted by molar-refractivity contribution is 0.0690. The van der Waals surface area contributed by atoms with Crippen molar-refractivity contribution in [3.05, 3.63) is 108 Å². The first-order valence-corrected chi connectivity index (χ1v) is 14.0. The Morgan fingerprint density at radius 1 is 1.10 bits per heavy atom. The number of rotatable bonds is 10. The van der Waals surface area contributed by atoms with Crippen LogP contribution in [0.15, 0.2) is 96.4 Å². The minimum absolute atomic E-state index is 0.113. The molecule has 39 heavy (non-hydrogen) atoms. The van der Waals surface area contributed by atoms with Gasteiger partial charge in [0.25, 0.3) is 5.91 Å². The summed E-state index contributed by atoms with van der Waals surface area (Å²) in [6, 6.07) is 18.6. The van der Waals surface area contributed by atoms with Crippen LogP contribution in [0.5, 0.6) is 0 Å². The molecule has 204 valence electrons. The van der Waals surface area contributed by atoms with Gasteiger partial charge >= 0.3 is 0 Å². The van der Waals surface area contributed by atoms with E-state index in [-0.39, 0.29) is 5.91 Å². The number of nitrogens with one attached hydrogen (secondary N) is 1. The summed E-state index contributed by atoms with van der Waals surface area (Å²) < 4.78 is 7.34. The number of likely N-dealkylation sites (tertiary alicyclic amines) is 1. The second kappa shape index (κ2) is 13.0. The second-order valence-corrected chi connectivity index (χ2v) is 10.7. The lowest BCUT2D eigenvalue weighted by Crippen LogP contribution is -2.38. The fourth-order valence-corrected chi connectivity index (χ4v) is 5.57. The zero-order valence-corrected chi connectivity index (χ0v) is 22.8. The van der Waals surface area contributed by atoms with E-state index in [9.17, 15) is 9.90 Å². The number of carbonyl (C=O) groups is 1. The summed E-state index contributed by atoms with van der Waals surface area (Å²) in [6.07, 6.45) is 13.6. The molecule has 1 amide bonds.